The molecule has 2 aliphatic heterocycles. The van der Waals surface area contributed by atoms with E-state index in [0.717, 1.165) is 51.9 Å². The Hall–Kier alpha value is -2.67. The molecule has 7 nitrogen and oxygen atoms in total. The monoisotopic (exact) mass is 438 g/mol. The predicted molar refractivity (Wildman–Crippen MR) is 124 cm³/mol. The first kappa shape index (κ1) is 22.5. The summed E-state index contributed by atoms with van der Waals surface area (Å²) in [6, 6.07) is 7.95. The maximum atomic E-state index is 13.1. The van der Waals surface area contributed by atoms with Crippen molar-refractivity contribution in [3.63, 3.8) is 0 Å². The summed E-state index contributed by atoms with van der Waals surface area (Å²) in [6.45, 7) is 6.54. The van der Waals surface area contributed by atoms with E-state index >= 15 is 0 Å². The van der Waals surface area contributed by atoms with Gasteiger partial charge in [0, 0.05) is 37.8 Å². The van der Waals surface area contributed by atoms with Crippen molar-refractivity contribution in [1.29, 1.82) is 0 Å². The molecule has 3 heterocycles. The number of benzene rings is 1. The van der Waals surface area contributed by atoms with Crippen LogP contribution in [-0.4, -0.2) is 65.4 Å². The lowest BCUT2D eigenvalue weighted by atomic mass is 10.0. The number of nitrogens with zero attached hydrogens (tertiary/aromatic N) is 3. The predicted octanol–water partition coefficient (Wildman–Crippen LogP) is 3.96. The summed E-state index contributed by atoms with van der Waals surface area (Å²) in [5.41, 5.74) is 1.40. The zero-order valence-electron chi connectivity index (χ0n) is 19.0. The van der Waals surface area contributed by atoms with Crippen LogP contribution in [0.1, 0.15) is 72.7 Å². The van der Waals surface area contributed by atoms with Crippen LogP contribution >= 0.6 is 0 Å². The molecule has 0 radical (unpaired) electrons. The molecule has 2 saturated heterocycles. The average Bonchev–Trinajstić information content (AvgIpc) is 3.33. The number of piperidine rings is 2. The molecule has 0 bridgehead atoms. The lowest BCUT2D eigenvalue weighted by Crippen LogP contribution is -2.39. The van der Waals surface area contributed by atoms with E-state index in [-0.39, 0.29) is 17.5 Å². The first-order chi connectivity index (χ1) is 15.6. The van der Waals surface area contributed by atoms with Crippen LogP contribution < -0.4 is 5.32 Å². The minimum absolute atomic E-state index is 0.0151. The van der Waals surface area contributed by atoms with Crippen LogP contribution in [-0.2, 0) is 0 Å². The van der Waals surface area contributed by atoms with Crippen molar-refractivity contribution in [3.05, 3.63) is 41.9 Å². The number of amides is 2. The van der Waals surface area contributed by atoms with Crippen molar-refractivity contribution >= 4 is 11.8 Å². The van der Waals surface area contributed by atoms with Gasteiger partial charge in [0.25, 0.3) is 11.8 Å². The third kappa shape index (κ3) is 5.21. The molecule has 32 heavy (non-hydrogen) atoms. The maximum absolute atomic E-state index is 13.1. The zero-order valence-corrected chi connectivity index (χ0v) is 19.0. The summed E-state index contributed by atoms with van der Waals surface area (Å²) >= 11 is 0. The molecule has 0 saturated carbocycles. The third-order valence-corrected chi connectivity index (χ3v) is 6.68. The van der Waals surface area contributed by atoms with Gasteiger partial charge in [-0.05, 0) is 58.1 Å². The Morgan fingerprint density at radius 1 is 1.09 bits per heavy atom. The fraction of sp³-hybridized carbons (Fsp3) is 0.560. The van der Waals surface area contributed by atoms with E-state index in [1.165, 1.54) is 25.7 Å². The molecule has 2 amide bonds. The van der Waals surface area contributed by atoms with Crippen molar-refractivity contribution in [3.8, 4) is 11.3 Å². The number of aromatic nitrogens is 1. The highest BCUT2D eigenvalue weighted by Crippen LogP contribution is 2.28. The van der Waals surface area contributed by atoms with Gasteiger partial charge in [0.2, 0.25) is 0 Å². The minimum Gasteiger partial charge on any atom is -0.443 e. The van der Waals surface area contributed by atoms with Gasteiger partial charge in [0.05, 0.1) is 5.56 Å². The van der Waals surface area contributed by atoms with E-state index < -0.39 is 0 Å². The average molecular weight is 439 g/mol. The van der Waals surface area contributed by atoms with Crippen LogP contribution in [0.25, 0.3) is 11.3 Å². The molecular weight excluding hydrogens is 404 g/mol. The standard InChI is InChI=1S/C25H34N4O3/c1-19-10-5-8-14-28(19)17-9-13-26-24(30)22-23(32-18-27-22)20-11-3-4-12-21(20)25(31)29-15-6-2-7-16-29/h3-4,11-12,18-19H,2,5-10,13-17H2,1H3,(H,26,30)/t19-/m1/s1. The van der Waals surface area contributed by atoms with Crippen molar-refractivity contribution in [2.24, 2.45) is 0 Å². The van der Waals surface area contributed by atoms with Gasteiger partial charge in [0.1, 0.15) is 0 Å². The second kappa shape index (κ2) is 10.8. The highest BCUT2D eigenvalue weighted by atomic mass is 16.3. The molecule has 1 aromatic heterocycles. The molecule has 2 aromatic rings. The third-order valence-electron chi connectivity index (χ3n) is 6.68. The summed E-state index contributed by atoms with van der Waals surface area (Å²) in [5, 5.41) is 2.98. The van der Waals surface area contributed by atoms with Crippen LogP contribution in [0, 0.1) is 0 Å². The summed E-state index contributed by atoms with van der Waals surface area (Å²) in [5.74, 6) is 0.0764. The van der Waals surface area contributed by atoms with E-state index in [4.69, 9.17) is 4.42 Å². The van der Waals surface area contributed by atoms with Crippen LogP contribution in [0.5, 0.6) is 0 Å². The molecule has 172 valence electrons. The number of nitrogens with one attached hydrogen (secondary N) is 1. The smallest absolute Gasteiger partial charge is 0.273 e. The van der Waals surface area contributed by atoms with Gasteiger partial charge in [-0.25, -0.2) is 4.98 Å². The summed E-state index contributed by atoms with van der Waals surface area (Å²) in [4.78, 5) is 34.6. The van der Waals surface area contributed by atoms with Crippen LogP contribution in [0.3, 0.4) is 0 Å². The molecule has 1 atom stereocenters. The van der Waals surface area contributed by atoms with Crippen molar-refractivity contribution in [2.45, 2.75) is 57.9 Å². The number of rotatable bonds is 7. The Morgan fingerprint density at radius 3 is 2.69 bits per heavy atom. The Kier molecular flexibility index (Phi) is 7.58. The van der Waals surface area contributed by atoms with Crippen LogP contribution in [0.2, 0.25) is 0 Å². The Labute approximate surface area is 190 Å². The van der Waals surface area contributed by atoms with Crippen molar-refractivity contribution < 1.29 is 14.0 Å². The normalized spacial score (nSPS) is 19.7. The molecule has 1 aromatic carbocycles. The topological polar surface area (TPSA) is 78.7 Å². The van der Waals surface area contributed by atoms with Gasteiger partial charge in [-0.2, -0.15) is 0 Å². The molecule has 2 aliphatic rings. The number of carbonyl (C=O) groups excluding carboxylic acids is 2. The number of oxazole rings is 1. The lowest BCUT2D eigenvalue weighted by Gasteiger charge is -2.33. The van der Waals surface area contributed by atoms with Gasteiger partial charge in [0.15, 0.2) is 17.8 Å². The Balaban J connectivity index is 1.41. The van der Waals surface area contributed by atoms with Crippen LogP contribution in [0.15, 0.2) is 35.1 Å². The largest absolute Gasteiger partial charge is 0.443 e. The minimum atomic E-state index is -0.263. The van der Waals surface area contributed by atoms with E-state index in [2.05, 4.69) is 22.1 Å². The van der Waals surface area contributed by atoms with Crippen molar-refractivity contribution in [2.75, 3.05) is 32.7 Å². The molecule has 0 aliphatic carbocycles. The highest BCUT2D eigenvalue weighted by molar-refractivity contribution is 6.04. The summed E-state index contributed by atoms with van der Waals surface area (Å²) in [6.07, 6.45) is 9.22. The number of hydrogen-bond donors (Lipinski definition) is 1. The second-order valence-electron chi connectivity index (χ2n) is 8.92. The van der Waals surface area contributed by atoms with E-state index in [1.54, 1.807) is 6.07 Å². The molecule has 1 N–H and O–H groups in total. The molecule has 4 rings (SSSR count). The molecule has 0 spiro atoms. The molecule has 2 fully saturated rings. The molecule has 0 unspecified atom stereocenters. The summed E-state index contributed by atoms with van der Waals surface area (Å²) in [7, 11) is 0. The number of carbonyl (C=O) groups is 2. The van der Waals surface area contributed by atoms with Gasteiger partial charge in [-0.1, -0.05) is 24.6 Å². The highest BCUT2D eigenvalue weighted by Gasteiger charge is 2.26. The van der Waals surface area contributed by atoms with Gasteiger partial charge in [-0.15, -0.1) is 0 Å². The number of hydrogen-bond acceptors (Lipinski definition) is 5. The maximum Gasteiger partial charge on any atom is 0.273 e. The Bertz CT molecular complexity index is 919. The SMILES string of the molecule is C[C@@H]1CCCCN1CCCNC(=O)c1ncoc1-c1ccccc1C(=O)N1CCCCC1. The quantitative estimate of drug-likeness (QED) is 0.662. The lowest BCUT2D eigenvalue weighted by molar-refractivity contribution is 0.0724. The van der Waals surface area contributed by atoms with Gasteiger partial charge >= 0.3 is 0 Å². The second-order valence-corrected chi connectivity index (χ2v) is 8.92. The van der Waals surface area contributed by atoms with E-state index in [0.29, 0.717) is 29.5 Å². The number of likely N-dealkylation sites (tertiary alicyclic amines) is 2. The first-order valence-electron chi connectivity index (χ1n) is 12.0. The summed E-state index contributed by atoms with van der Waals surface area (Å²) < 4.78 is 5.61. The Morgan fingerprint density at radius 2 is 1.88 bits per heavy atom. The van der Waals surface area contributed by atoms with Gasteiger partial charge in [-0.3, -0.25) is 9.59 Å². The zero-order chi connectivity index (χ0) is 22.3. The molecule has 7 heteroatoms. The molecular formula is C25H34N4O3. The van der Waals surface area contributed by atoms with E-state index in [1.807, 2.05) is 23.1 Å². The van der Waals surface area contributed by atoms with Crippen molar-refractivity contribution in [1.82, 2.24) is 20.1 Å². The van der Waals surface area contributed by atoms with Crippen LogP contribution in [0.4, 0.5) is 0 Å². The fourth-order valence-corrected chi connectivity index (χ4v) is 4.79. The van der Waals surface area contributed by atoms with E-state index in [9.17, 15) is 9.59 Å². The van der Waals surface area contributed by atoms with Gasteiger partial charge < -0.3 is 19.5 Å². The first-order valence-corrected chi connectivity index (χ1v) is 12.0. The fourth-order valence-electron chi connectivity index (χ4n) is 4.79.